The molecule has 21 heavy (non-hydrogen) atoms. The summed E-state index contributed by atoms with van der Waals surface area (Å²) in [5, 5.41) is 7.77. The van der Waals surface area contributed by atoms with E-state index >= 15 is 0 Å². The molecule has 1 aromatic carbocycles. The van der Waals surface area contributed by atoms with Crippen LogP contribution in [0, 0.1) is 0 Å². The van der Waals surface area contributed by atoms with Gasteiger partial charge in [0.05, 0.1) is 18.3 Å². The van der Waals surface area contributed by atoms with E-state index in [1.54, 1.807) is 7.11 Å². The van der Waals surface area contributed by atoms with E-state index in [1.165, 1.54) is 0 Å². The van der Waals surface area contributed by atoms with Crippen LogP contribution >= 0.6 is 0 Å². The zero-order valence-corrected chi connectivity index (χ0v) is 12.9. The second-order valence-electron chi connectivity index (χ2n) is 4.75. The van der Waals surface area contributed by atoms with E-state index < -0.39 is 0 Å². The zero-order chi connectivity index (χ0) is 15.1. The Balaban J connectivity index is 2.30. The van der Waals surface area contributed by atoms with Crippen LogP contribution in [0.5, 0.6) is 5.75 Å². The molecule has 0 aliphatic carbocycles. The number of rotatable bonds is 8. The van der Waals surface area contributed by atoms with Crippen LogP contribution in [0.25, 0.3) is 0 Å². The maximum Gasteiger partial charge on any atom is 0.124 e. The van der Waals surface area contributed by atoms with Crippen molar-refractivity contribution in [2.24, 2.45) is 7.05 Å². The van der Waals surface area contributed by atoms with Crippen molar-refractivity contribution in [3.8, 4) is 5.75 Å². The highest BCUT2D eigenvalue weighted by atomic mass is 16.5. The highest BCUT2D eigenvalue weighted by Crippen LogP contribution is 2.29. The second-order valence-corrected chi connectivity index (χ2v) is 4.75. The molecule has 0 bridgehead atoms. The first kappa shape index (κ1) is 15.5. The topological polar surface area (TPSA) is 48.3 Å². The van der Waals surface area contributed by atoms with E-state index in [-0.39, 0.29) is 6.04 Å². The SMILES string of the molecule is CCNC(c1ccccc1OCCOC)c1ccnn1C. The Bertz CT molecular complexity index is 554. The number of nitrogens with zero attached hydrogens (tertiary/aromatic N) is 2. The van der Waals surface area contributed by atoms with Crippen LogP contribution in [0.4, 0.5) is 0 Å². The van der Waals surface area contributed by atoms with Crippen molar-refractivity contribution in [1.82, 2.24) is 15.1 Å². The van der Waals surface area contributed by atoms with Crippen LogP contribution in [0.1, 0.15) is 24.2 Å². The largest absolute Gasteiger partial charge is 0.491 e. The predicted molar refractivity (Wildman–Crippen MR) is 82.5 cm³/mol. The van der Waals surface area contributed by atoms with E-state index in [4.69, 9.17) is 9.47 Å². The van der Waals surface area contributed by atoms with Gasteiger partial charge in [-0.3, -0.25) is 4.68 Å². The maximum absolute atomic E-state index is 5.85. The first-order valence-electron chi connectivity index (χ1n) is 7.19. The molecule has 1 unspecified atom stereocenters. The molecule has 5 heteroatoms. The number of aryl methyl sites for hydroxylation is 1. The lowest BCUT2D eigenvalue weighted by molar-refractivity contribution is 0.145. The third-order valence-electron chi connectivity index (χ3n) is 3.34. The van der Waals surface area contributed by atoms with Crippen molar-refractivity contribution >= 4 is 0 Å². The van der Waals surface area contributed by atoms with Crippen LogP contribution in [-0.4, -0.2) is 36.6 Å². The van der Waals surface area contributed by atoms with Gasteiger partial charge >= 0.3 is 0 Å². The molecule has 0 aliphatic rings. The summed E-state index contributed by atoms with van der Waals surface area (Å²) in [6.07, 6.45) is 1.81. The first-order chi connectivity index (χ1) is 10.3. The number of para-hydroxylation sites is 1. The number of benzene rings is 1. The van der Waals surface area contributed by atoms with Crippen LogP contribution in [0.15, 0.2) is 36.5 Å². The average Bonchev–Trinajstić information content (AvgIpc) is 2.92. The minimum Gasteiger partial charge on any atom is -0.491 e. The molecule has 114 valence electrons. The van der Waals surface area contributed by atoms with Crippen LogP contribution in [-0.2, 0) is 11.8 Å². The Hall–Kier alpha value is -1.85. The van der Waals surface area contributed by atoms with Crippen molar-refractivity contribution in [2.75, 3.05) is 26.9 Å². The Morgan fingerprint density at radius 3 is 2.71 bits per heavy atom. The van der Waals surface area contributed by atoms with Crippen LogP contribution in [0.3, 0.4) is 0 Å². The predicted octanol–water partition coefficient (Wildman–Crippen LogP) is 2.14. The summed E-state index contributed by atoms with van der Waals surface area (Å²) >= 11 is 0. The van der Waals surface area contributed by atoms with Gasteiger partial charge in [0.25, 0.3) is 0 Å². The second kappa shape index (κ2) is 7.81. The molecule has 0 fully saturated rings. The highest BCUT2D eigenvalue weighted by molar-refractivity contribution is 5.40. The summed E-state index contributed by atoms with van der Waals surface area (Å²) in [6.45, 7) is 4.07. The van der Waals surface area contributed by atoms with Gasteiger partial charge in [-0.25, -0.2) is 0 Å². The summed E-state index contributed by atoms with van der Waals surface area (Å²) in [5.74, 6) is 0.877. The number of nitrogens with one attached hydrogen (secondary N) is 1. The van der Waals surface area contributed by atoms with Gasteiger partial charge in [0.15, 0.2) is 0 Å². The van der Waals surface area contributed by atoms with Crippen LogP contribution < -0.4 is 10.1 Å². The molecular formula is C16H23N3O2. The molecule has 1 aromatic heterocycles. The fraction of sp³-hybridized carbons (Fsp3) is 0.438. The zero-order valence-electron chi connectivity index (χ0n) is 12.9. The van der Waals surface area contributed by atoms with Gasteiger partial charge < -0.3 is 14.8 Å². The minimum atomic E-state index is 0.0567. The van der Waals surface area contributed by atoms with Crippen molar-refractivity contribution in [2.45, 2.75) is 13.0 Å². The quantitative estimate of drug-likeness (QED) is 0.756. The Morgan fingerprint density at radius 1 is 1.24 bits per heavy atom. The Kier molecular flexibility index (Phi) is 5.78. The third kappa shape index (κ3) is 3.83. The summed E-state index contributed by atoms with van der Waals surface area (Å²) in [4.78, 5) is 0. The van der Waals surface area contributed by atoms with Gasteiger partial charge in [-0.05, 0) is 18.7 Å². The fourth-order valence-electron chi connectivity index (χ4n) is 2.33. The van der Waals surface area contributed by atoms with Gasteiger partial charge in [0.2, 0.25) is 0 Å². The molecule has 0 saturated carbocycles. The van der Waals surface area contributed by atoms with Crippen molar-refractivity contribution in [3.05, 3.63) is 47.8 Å². The van der Waals surface area contributed by atoms with Crippen LogP contribution in [0.2, 0.25) is 0 Å². The van der Waals surface area contributed by atoms with Crippen molar-refractivity contribution in [1.29, 1.82) is 0 Å². The first-order valence-corrected chi connectivity index (χ1v) is 7.19. The average molecular weight is 289 g/mol. The number of methoxy groups -OCH3 is 1. The Morgan fingerprint density at radius 2 is 2.05 bits per heavy atom. The minimum absolute atomic E-state index is 0.0567. The molecule has 0 spiro atoms. The number of hydrogen-bond acceptors (Lipinski definition) is 4. The maximum atomic E-state index is 5.85. The Labute approximate surface area is 125 Å². The van der Waals surface area contributed by atoms with Gasteiger partial charge in [-0.15, -0.1) is 0 Å². The molecule has 1 atom stereocenters. The summed E-state index contributed by atoms with van der Waals surface area (Å²) in [6, 6.07) is 10.2. The number of hydrogen-bond donors (Lipinski definition) is 1. The summed E-state index contributed by atoms with van der Waals surface area (Å²) < 4.78 is 12.8. The molecule has 0 radical (unpaired) electrons. The van der Waals surface area contributed by atoms with Gasteiger partial charge in [0.1, 0.15) is 12.4 Å². The molecule has 0 amide bonds. The lowest BCUT2D eigenvalue weighted by Crippen LogP contribution is -2.25. The molecule has 1 heterocycles. The third-order valence-corrected chi connectivity index (χ3v) is 3.34. The summed E-state index contributed by atoms with van der Waals surface area (Å²) in [5.41, 5.74) is 2.22. The standard InChI is InChI=1S/C16H23N3O2/c1-4-17-16(14-9-10-18-19(14)2)13-7-5-6-8-15(13)21-12-11-20-3/h5-10,16-17H,4,11-12H2,1-3H3. The molecular weight excluding hydrogens is 266 g/mol. The highest BCUT2D eigenvalue weighted by Gasteiger charge is 2.19. The molecule has 2 aromatic rings. The van der Waals surface area contributed by atoms with Gasteiger partial charge in [-0.2, -0.15) is 5.10 Å². The van der Waals surface area contributed by atoms with Crippen molar-refractivity contribution in [3.63, 3.8) is 0 Å². The van der Waals surface area contributed by atoms with E-state index in [1.807, 2.05) is 42.2 Å². The lowest BCUT2D eigenvalue weighted by Gasteiger charge is -2.21. The fourth-order valence-corrected chi connectivity index (χ4v) is 2.33. The molecule has 0 aliphatic heterocycles. The monoisotopic (exact) mass is 289 g/mol. The van der Waals surface area contributed by atoms with Crippen molar-refractivity contribution < 1.29 is 9.47 Å². The smallest absolute Gasteiger partial charge is 0.124 e. The normalized spacial score (nSPS) is 12.3. The van der Waals surface area contributed by atoms with E-state index in [2.05, 4.69) is 23.4 Å². The van der Waals surface area contributed by atoms with E-state index in [9.17, 15) is 0 Å². The molecule has 2 rings (SSSR count). The van der Waals surface area contributed by atoms with Gasteiger partial charge in [0, 0.05) is 25.9 Å². The number of ether oxygens (including phenoxy) is 2. The molecule has 1 N–H and O–H groups in total. The lowest BCUT2D eigenvalue weighted by atomic mass is 10.0. The number of aromatic nitrogens is 2. The van der Waals surface area contributed by atoms with Gasteiger partial charge in [-0.1, -0.05) is 25.1 Å². The molecule has 5 nitrogen and oxygen atoms in total. The summed E-state index contributed by atoms with van der Waals surface area (Å²) in [7, 11) is 3.63. The molecule has 0 saturated heterocycles. The van der Waals surface area contributed by atoms with E-state index in [0.717, 1.165) is 23.6 Å². The van der Waals surface area contributed by atoms with E-state index in [0.29, 0.717) is 13.2 Å².